The van der Waals surface area contributed by atoms with Gasteiger partial charge < -0.3 is 5.73 Å². The number of rotatable bonds is 1. The third-order valence-electron chi connectivity index (χ3n) is 1.91. The summed E-state index contributed by atoms with van der Waals surface area (Å²) >= 11 is 4.30. The largest absolute Gasteiger partial charge is 0.391 e. The van der Waals surface area contributed by atoms with Crippen LogP contribution in [0.1, 0.15) is 12.0 Å². The first-order valence-electron chi connectivity index (χ1n) is 3.85. The summed E-state index contributed by atoms with van der Waals surface area (Å²) in [5.41, 5.74) is 5.60. The number of nitrogen functional groups attached to an aromatic ring is 1. The Balaban J connectivity index is 2.82. The Kier molecular flexibility index (Phi) is 2.45. The van der Waals surface area contributed by atoms with Crippen LogP contribution in [0.3, 0.4) is 0 Å². The van der Waals surface area contributed by atoms with E-state index in [2.05, 4.69) is 15.9 Å². The van der Waals surface area contributed by atoms with Gasteiger partial charge in [-0.05, 0) is 17.5 Å². The zero-order chi connectivity index (χ0) is 10.3. The summed E-state index contributed by atoms with van der Waals surface area (Å²) in [7, 11) is 0. The minimum Gasteiger partial charge on any atom is -0.391 e. The summed E-state index contributed by atoms with van der Waals surface area (Å²) in [6.07, 6.45) is -2.48. The minimum absolute atomic E-state index is 0.0317. The number of hydrogen-bond donors (Lipinski definition) is 1. The van der Waals surface area contributed by atoms with E-state index in [1.165, 1.54) is 11.3 Å². The van der Waals surface area contributed by atoms with Crippen LogP contribution in [0.5, 0.6) is 0 Å². The maximum absolute atomic E-state index is 12.7. The lowest BCUT2D eigenvalue weighted by Gasteiger charge is -2.03. The van der Waals surface area contributed by atoms with Crippen molar-refractivity contribution in [3.05, 3.63) is 28.2 Å². The topological polar surface area (TPSA) is 26.0 Å². The van der Waals surface area contributed by atoms with Crippen molar-refractivity contribution in [2.75, 3.05) is 5.73 Å². The number of fused-ring (bicyclic) bond motifs is 1. The van der Waals surface area contributed by atoms with Crippen LogP contribution >= 0.6 is 27.3 Å². The van der Waals surface area contributed by atoms with Gasteiger partial charge in [0.05, 0.1) is 5.00 Å². The van der Waals surface area contributed by atoms with Gasteiger partial charge in [-0.3, -0.25) is 0 Å². The molecule has 1 aromatic carbocycles. The molecule has 2 N–H and O–H groups in total. The number of alkyl halides is 2. The summed E-state index contributed by atoms with van der Waals surface area (Å²) in [5, 5.41) is 1.33. The van der Waals surface area contributed by atoms with E-state index >= 15 is 0 Å². The standard InChI is InChI=1S/C9H6BrF2NS/c10-5-2-1-4-3-6(13)14-8(4)7(5)9(11)12/h1-3,9H,13H2. The molecule has 2 aromatic rings. The second-order valence-corrected chi connectivity index (χ2v) is 4.77. The molecule has 0 saturated heterocycles. The molecule has 0 aliphatic heterocycles. The number of nitrogens with two attached hydrogens (primary N) is 1. The number of hydrogen-bond acceptors (Lipinski definition) is 2. The molecule has 0 aliphatic rings. The maximum atomic E-state index is 12.7. The maximum Gasteiger partial charge on any atom is 0.266 e. The molecule has 0 radical (unpaired) electrons. The van der Waals surface area contributed by atoms with Crippen molar-refractivity contribution < 1.29 is 8.78 Å². The van der Waals surface area contributed by atoms with Crippen molar-refractivity contribution in [3.63, 3.8) is 0 Å². The quantitative estimate of drug-likeness (QED) is 0.831. The number of halogens is 3. The van der Waals surface area contributed by atoms with E-state index in [0.29, 0.717) is 14.2 Å². The Bertz CT molecular complexity index is 481. The second kappa shape index (κ2) is 3.47. The first-order chi connectivity index (χ1) is 6.59. The third-order valence-corrected chi connectivity index (χ3v) is 3.61. The van der Waals surface area contributed by atoms with Gasteiger partial charge in [0, 0.05) is 14.7 Å². The molecule has 0 spiro atoms. The van der Waals surface area contributed by atoms with Gasteiger partial charge in [0.25, 0.3) is 6.43 Å². The number of anilines is 1. The molecule has 74 valence electrons. The second-order valence-electron chi connectivity index (χ2n) is 2.83. The van der Waals surface area contributed by atoms with Crippen molar-refractivity contribution in [2.24, 2.45) is 0 Å². The zero-order valence-corrected chi connectivity index (χ0v) is 9.33. The van der Waals surface area contributed by atoms with Gasteiger partial charge in [-0.15, -0.1) is 11.3 Å². The van der Waals surface area contributed by atoms with Crippen molar-refractivity contribution in [1.82, 2.24) is 0 Å². The third kappa shape index (κ3) is 1.50. The van der Waals surface area contributed by atoms with Crippen LogP contribution in [-0.4, -0.2) is 0 Å². The molecule has 5 heteroatoms. The Hall–Kier alpha value is -0.680. The van der Waals surface area contributed by atoms with Gasteiger partial charge >= 0.3 is 0 Å². The Morgan fingerprint density at radius 2 is 2.07 bits per heavy atom. The molecule has 14 heavy (non-hydrogen) atoms. The lowest BCUT2D eigenvalue weighted by atomic mass is 10.2. The Labute approximate surface area is 91.7 Å². The van der Waals surface area contributed by atoms with Crippen molar-refractivity contribution >= 4 is 42.4 Å². The van der Waals surface area contributed by atoms with Crippen LogP contribution < -0.4 is 5.73 Å². The summed E-state index contributed by atoms with van der Waals surface area (Å²) in [6.45, 7) is 0. The highest BCUT2D eigenvalue weighted by Crippen LogP contribution is 2.39. The molecule has 1 heterocycles. The smallest absolute Gasteiger partial charge is 0.266 e. The molecule has 0 fully saturated rings. The van der Waals surface area contributed by atoms with Gasteiger partial charge in [-0.1, -0.05) is 22.0 Å². The molecule has 0 atom stereocenters. The number of benzene rings is 1. The first kappa shape index (κ1) is 9.86. The molecule has 0 bridgehead atoms. The molecule has 0 saturated carbocycles. The van der Waals surface area contributed by atoms with Crippen LogP contribution in [0, 0.1) is 0 Å². The van der Waals surface area contributed by atoms with E-state index in [9.17, 15) is 8.78 Å². The van der Waals surface area contributed by atoms with Crippen LogP contribution in [0.25, 0.3) is 10.1 Å². The van der Waals surface area contributed by atoms with E-state index in [1.54, 1.807) is 18.2 Å². The molecule has 1 nitrogen and oxygen atoms in total. The van der Waals surface area contributed by atoms with Gasteiger partial charge in [-0.2, -0.15) is 0 Å². The summed E-state index contributed by atoms with van der Waals surface area (Å²) in [6, 6.07) is 5.10. The van der Waals surface area contributed by atoms with Gasteiger partial charge in [-0.25, -0.2) is 8.78 Å². The highest BCUT2D eigenvalue weighted by molar-refractivity contribution is 9.10. The lowest BCUT2D eigenvalue weighted by molar-refractivity contribution is 0.152. The fourth-order valence-electron chi connectivity index (χ4n) is 1.32. The molecule has 0 unspecified atom stereocenters. The van der Waals surface area contributed by atoms with Gasteiger partial charge in [0.2, 0.25) is 0 Å². The van der Waals surface area contributed by atoms with Crippen LogP contribution in [0.4, 0.5) is 13.8 Å². The van der Waals surface area contributed by atoms with E-state index in [-0.39, 0.29) is 5.56 Å². The SMILES string of the molecule is Nc1cc2ccc(Br)c(C(F)F)c2s1. The number of thiophene rings is 1. The van der Waals surface area contributed by atoms with Crippen LogP contribution in [-0.2, 0) is 0 Å². The Morgan fingerprint density at radius 1 is 1.36 bits per heavy atom. The van der Waals surface area contributed by atoms with Crippen LogP contribution in [0.2, 0.25) is 0 Å². The minimum atomic E-state index is -2.48. The zero-order valence-electron chi connectivity index (χ0n) is 6.93. The summed E-state index contributed by atoms with van der Waals surface area (Å²) < 4.78 is 26.4. The fourth-order valence-corrected chi connectivity index (χ4v) is 2.93. The molecule has 0 aliphatic carbocycles. The first-order valence-corrected chi connectivity index (χ1v) is 5.46. The average Bonchev–Trinajstić information content (AvgIpc) is 2.43. The monoisotopic (exact) mass is 277 g/mol. The molecule has 0 amide bonds. The van der Waals surface area contributed by atoms with Crippen LogP contribution in [0.15, 0.2) is 22.7 Å². The normalized spacial score (nSPS) is 11.4. The van der Waals surface area contributed by atoms with Gasteiger partial charge in [0.1, 0.15) is 0 Å². The van der Waals surface area contributed by atoms with E-state index < -0.39 is 6.43 Å². The fraction of sp³-hybridized carbons (Fsp3) is 0.111. The van der Waals surface area contributed by atoms with E-state index in [0.717, 1.165) is 5.39 Å². The predicted molar refractivity (Wildman–Crippen MR) is 58.9 cm³/mol. The van der Waals surface area contributed by atoms with E-state index in [4.69, 9.17) is 5.73 Å². The Morgan fingerprint density at radius 3 is 2.71 bits per heavy atom. The lowest BCUT2D eigenvalue weighted by Crippen LogP contribution is -1.85. The van der Waals surface area contributed by atoms with Gasteiger partial charge in [0.15, 0.2) is 0 Å². The molecule has 1 aromatic heterocycles. The summed E-state index contributed by atoms with van der Waals surface area (Å²) in [5.74, 6) is 0. The molecular weight excluding hydrogens is 272 g/mol. The van der Waals surface area contributed by atoms with Crippen molar-refractivity contribution in [3.8, 4) is 0 Å². The van der Waals surface area contributed by atoms with Crippen molar-refractivity contribution in [1.29, 1.82) is 0 Å². The molecule has 2 rings (SSSR count). The summed E-state index contributed by atoms with van der Waals surface area (Å²) in [4.78, 5) is 0. The average molecular weight is 278 g/mol. The van der Waals surface area contributed by atoms with E-state index in [1.807, 2.05) is 0 Å². The highest BCUT2D eigenvalue weighted by atomic mass is 79.9. The predicted octanol–water partition coefficient (Wildman–Crippen LogP) is 4.18. The molecular formula is C9H6BrF2NS. The highest BCUT2D eigenvalue weighted by Gasteiger charge is 2.17. The van der Waals surface area contributed by atoms with Crippen molar-refractivity contribution in [2.45, 2.75) is 6.43 Å².